The first-order chi connectivity index (χ1) is 9.56. The van der Waals surface area contributed by atoms with E-state index in [1.54, 1.807) is 6.07 Å². The van der Waals surface area contributed by atoms with Crippen LogP contribution in [-0.4, -0.2) is 23.4 Å². The van der Waals surface area contributed by atoms with Crippen LogP contribution >= 0.6 is 12.4 Å². The highest BCUT2D eigenvalue weighted by molar-refractivity contribution is 5.91. The monoisotopic (exact) mass is 313 g/mol. The number of anilines is 1. The molecule has 0 spiro atoms. The summed E-state index contributed by atoms with van der Waals surface area (Å²) in [5, 5.41) is 16.8. The van der Waals surface area contributed by atoms with Crippen LogP contribution in [0, 0.1) is 17.0 Å². The van der Waals surface area contributed by atoms with Crippen LogP contribution in [0.2, 0.25) is 0 Å². The number of nitrogens with zero attached hydrogens (tertiary/aromatic N) is 1. The van der Waals surface area contributed by atoms with Gasteiger partial charge in [0.1, 0.15) is 0 Å². The second kappa shape index (κ2) is 7.95. The van der Waals surface area contributed by atoms with Crippen molar-refractivity contribution in [3.05, 3.63) is 33.9 Å². The number of carbonyl (C=O) groups is 1. The number of amides is 1. The van der Waals surface area contributed by atoms with Gasteiger partial charge in [-0.1, -0.05) is 6.07 Å². The summed E-state index contributed by atoms with van der Waals surface area (Å²) in [6, 6.07) is 4.91. The molecule has 0 bridgehead atoms. The van der Waals surface area contributed by atoms with Crippen molar-refractivity contribution in [3.8, 4) is 0 Å². The van der Waals surface area contributed by atoms with E-state index in [0.717, 1.165) is 31.4 Å². The summed E-state index contributed by atoms with van der Waals surface area (Å²) < 4.78 is 0. The molecule has 1 aliphatic heterocycles. The maximum Gasteiger partial charge on any atom is 0.271 e. The maximum absolute atomic E-state index is 11.9. The third kappa shape index (κ3) is 4.99. The molecule has 7 heteroatoms. The SMILES string of the molecule is Cc1ccc([N+](=O)[O-])cc1NC(=O)CCC1CCCN1.Cl. The fraction of sp³-hybridized carbons (Fsp3) is 0.500. The number of benzene rings is 1. The van der Waals surface area contributed by atoms with Gasteiger partial charge in [0.25, 0.3) is 5.69 Å². The predicted octanol–water partition coefficient (Wildman–Crippen LogP) is 2.80. The topological polar surface area (TPSA) is 84.3 Å². The van der Waals surface area contributed by atoms with Crippen molar-refractivity contribution in [2.24, 2.45) is 0 Å². The molecule has 1 atom stereocenters. The van der Waals surface area contributed by atoms with Gasteiger partial charge in [-0.05, 0) is 38.3 Å². The Balaban J connectivity index is 0.00000220. The van der Waals surface area contributed by atoms with E-state index in [9.17, 15) is 14.9 Å². The second-order valence-electron chi connectivity index (χ2n) is 5.14. The van der Waals surface area contributed by atoms with E-state index in [1.165, 1.54) is 12.1 Å². The number of nitro groups is 1. The fourth-order valence-corrected chi connectivity index (χ4v) is 2.38. The minimum absolute atomic E-state index is 0. The quantitative estimate of drug-likeness (QED) is 0.646. The number of carbonyl (C=O) groups excluding carboxylic acids is 1. The number of hydrogen-bond donors (Lipinski definition) is 2. The molecule has 0 aliphatic carbocycles. The largest absolute Gasteiger partial charge is 0.326 e. The van der Waals surface area contributed by atoms with Crippen molar-refractivity contribution >= 4 is 29.7 Å². The number of nitro benzene ring substituents is 1. The number of rotatable bonds is 5. The standard InChI is InChI=1S/C14H19N3O3.ClH/c1-10-4-6-12(17(19)20)9-13(10)16-14(18)7-5-11-3-2-8-15-11;/h4,6,9,11,15H,2-3,5,7-8H2,1H3,(H,16,18);1H. The molecule has 0 aromatic heterocycles. The third-order valence-corrected chi connectivity index (χ3v) is 3.59. The lowest BCUT2D eigenvalue weighted by Crippen LogP contribution is -2.23. The molecule has 0 radical (unpaired) electrons. The Bertz CT molecular complexity index is 516. The zero-order valence-corrected chi connectivity index (χ0v) is 12.7. The summed E-state index contributed by atoms with van der Waals surface area (Å²) in [6.07, 6.45) is 3.51. The molecule has 1 aliphatic rings. The minimum atomic E-state index is -0.461. The molecular formula is C14H20ClN3O3. The summed E-state index contributed by atoms with van der Waals surface area (Å²) in [5.74, 6) is -0.0951. The van der Waals surface area contributed by atoms with Crippen LogP contribution in [0.4, 0.5) is 11.4 Å². The highest BCUT2D eigenvalue weighted by atomic mass is 35.5. The van der Waals surface area contributed by atoms with Crippen molar-refractivity contribution in [2.75, 3.05) is 11.9 Å². The van der Waals surface area contributed by atoms with Gasteiger partial charge in [-0.2, -0.15) is 0 Å². The highest BCUT2D eigenvalue weighted by Gasteiger charge is 2.16. The first-order valence-corrected chi connectivity index (χ1v) is 6.84. The van der Waals surface area contributed by atoms with Gasteiger partial charge in [0.2, 0.25) is 5.91 Å². The lowest BCUT2D eigenvalue weighted by atomic mass is 10.1. The van der Waals surface area contributed by atoms with Crippen molar-refractivity contribution in [2.45, 2.75) is 38.6 Å². The van der Waals surface area contributed by atoms with Crippen LogP contribution in [0.15, 0.2) is 18.2 Å². The predicted molar refractivity (Wildman–Crippen MR) is 84.0 cm³/mol. The van der Waals surface area contributed by atoms with Gasteiger partial charge in [-0.25, -0.2) is 0 Å². The van der Waals surface area contributed by atoms with Crippen LogP contribution in [-0.2, 0) is 4.79 Å². The molecular weight excluding hydrogens is 294 g/mol. The molecule has 1 heterocycles. The Labute approximate surface area is 129 Å². The summed E-state index contributed by atoms with van der Waals surface area (Å²) in [6.45, 7) is 2.84. The van der Waals surface area contributed by atoms with Crippen LogP contribution in [0.3, 0.4) is 0 Å². The first kappa shape index (κ1) is 17.4. The van der Waals surface area contributed by atoms with Gasteiger partial charge < -0.3 is 10.6 Å². The van der Waals surface area contributed by atoms with Gasteiger partial charge in [0.15, 0.2) is 0 Å². The molecule has 2 N–H and O–H groups in total. The van der Waals surface area contributed by atoms with Crippen molar-refractivity contribution in [3.63, 3.8) is 0 Å². The Hall–Kier alpha value is -1.66. The zero-order valence-electron chi connectivity index (χ0n) is 11.9. The molecule has 1 unspecified atom stereocenters. The molecule has 6 nitrogen and oxygen atoms in total. The summed E-state index contributed by atoms with van der Waals surface area (Å²) in [5.41, 5.74) is 1.33. The van der Waals surface area contributed by atoms with E-state index in [4.69, 9.17) is 0 Å². The van der Waals surface area contributed by atoms with E-state index in [2.05, 4.69) is 10.6 Å². The minimum Gasteiger partial charge on any atom is -0.326 e. The van der Waals surface area contributed by atoms with E-state index < -0.39 is 4.92 Å². The van der Waals surface area contributed by atoms with E-state index >= 15 is 0 Å². The fourth-order valence-electron chi connectivity index (χ4n) is 2.38. The van der Waals surface area contributed by atoms with Gasteiger partial charge in [-0.15, -0.1) is 12.4 Å². The van der Waals surface area contributed by atoms with Crippen molar-refractivity contribution in [1.29, 1.82) is 0 Å². The zero-order chi connectivity index (χ0) is 14.5. The number of hydrogen-bond acceptors (Lipinski definition) is 4. The van der Waals surface area contributed by atoms with Crippen LogP contribution < -0.4 is 10.6 Å². The molecule has 116 valence electrons. The second-order valence-corrected chi connectivity index (χ2v) is 5.14. The number of aryl methyl sites for hydroxylation is 1. The first-order valence-electron chi connectivity index (χ1n) is 6.84. The summed E-state index contributed by atoms with van der Waals surface area (Å²) in [4.78, 5) is 22.2. The summed E-state index contributed by atoms with van der Waals surface area (Å²) >= 11 is 0. The normalized spacial score (nSPS) is 17.1. The smallest absolute Gasteiger partial charge is 0.271 e. The molecule has 1 fully saturated rings. The maximum atomic E-state index is 11.9. The Kier molecular flexibility index (Phi) is 6.58. The van der Waals surface area contributed by atoms with Gasteiger partial charge in [-0.3, -0.25) is 14.9 Å². The van der Waals surface area contributed by atoms with E-state index in [1.807, 2.05) is 6.92 Å². The number of non-ortho nitro benzene ring substituents is 1. The molecule has 2 rings (SSSR count). The molecule has 1 aromatic rings. The Morgan fingerprint density at radius 2 is 2.29 bits per heavy atom. The highest BCUT2D eigenvalue weighted by Crippen LogP contribution is 2.22. The van der Waals surface area contributed by atoms with E-state index in [-0.39, 0.29) is 24.0 Å². The Morgan fingerprint density at radius 3 is 2.90 bits per heavy atom. The summed E-state index contributed by atoms with van der Waals surface area (Å²) in [7, 11) is 0. The van der Waals surface area contributed by atoms with E-state index in [0.29, 0.717) is 18.2 Å². The lowest BCUT2D eigenvalue weighted by molar-refractivity contribution is -0.384. The molecule has 1 saturated heterocycles. The van der Waals surface area contributed by atoms with Gasteiger partial charge in [0, 0.05) is 24.6 Å². The van der Waals surface area contributed by atoms with Crippen molar-refractivity contribution < 1.29 is 9.72 Å². The third-order valence-electron chi connectivity index (χ3n) is 3.59. The number of halogens is 1. The van der Waals surface area contributed by atoms with Crippen molar-refractivity contribution in [1.82, 2.24) is 5.32 Å². The van der Waals surface area contributed by atoms with Crippen LogP contribution in [0.25, 0.3) is 0 Å². The average molecular weight is 314 g/mol. The van der Waals surface area contributed by atoms with Gasteiger partial charge >= 0.3 is 0 Å². The van der Waals surface area contributed by atoms with Crippen LogP contribution in [0.5, 0.6) is 0 Å². The molecule has 21 heavy (non-hydrogen) atoms. The lowest BCUT2D eigenvalue weighted by Gasteiger charge is -2.11. The van der Waals surface area contributed by atoms with Crippen LogP contribution in [0.1, 0.15) is 31.2 Å². The van der Waals surface area contributed by atoms with Gasteiger partial charge in [0.05, 0.1) is 10.6 Å². The Morgan fingerprint density at radius 1 is 1.52 bits per heavy atom. The number of nitrogens with one attached hydrogen (secondary N) is 2. The average Bonchev–Trinajstić information content (AvgIpc) is 2.92. The molecule has 1 aromatic carbocycles. The molecule has 0 saturated carbocycles. The molecule has 1 amide bonds.